The molecule has 0 aromatic heterocycles. The number of aliphatic imine (C=N–C) groups is 1. The molecule has 0 fully saturated rings. The standard InChI is InChI=1S/C21H16FNO/c22-19-14-8-7-13-18(19)20(24)15-23-21(16-9-3-1-4-10-16)17-11-5-2-6-12-17/h1-15,21H. The van der Waals surface area contributed by atoms with Gasteiger partial charge in [-0.15, -0.1) is 0 Å². The number of halogens is 1. The molecule has 0 saturated heterocycles. The lowest BCUT2D eigenvalue weighted by Gasteiger charge is -2.13. The molecule has 2 nitrogen and oxygen atoms in total. The number of hydrogen-bond donors (Lipinski definition) is 0. The lowest BCUT2D eigenvalue weighted by atomic mass is 9.99. The van der Waals surface area contributed by atoms with E-state index in [-0.39, 0.29) is 11.6 Å². The minimum absolute atomic E-state index is 0.0288. The van der Waals surface area contributed by atoms with Crippen LogP contribution in [0.3, 0.4) is 0 Å². The van der Waals surface area contributed by atoms with Crippen LogP contribution in [0.5, 0.6) is 0 Å². The van der Waals surface area contributed by atoms with E-state index in [4.69, 9.17) is 0 Å². The first-order valence-corrected chi connectivity index (χ1v) is 7.67. The summed E-state index contributed by atoms with van der Waals surface area (Å²) in [6.45, 7) is 0. The summed E-state index contributed by atoms with van der Waals surface area (Å²) < 4.78 is 13.7. The fraction of sp³-hybridized carbons (Fsp3) is 0.0476. The second kappa shape index (κ2) is 7.47. The number of nitrogens with zero attached hydrogens (tertiary/aromatic N) is 1. The van der Waals surface area contributed by atoms with Gasteiger partial charge in [0.05, 0.1) is 11.8 Å². The van der Waals surface area contributed by atoms with Gasteiger partial charge in [-0.3, -0.25) is 9.79 Å². The molecule has 0 radical (unpaired) electrons. The Kier molecular flexibility index (Phi) is 4.92. The molecule has 3 aromatic rings. The topological polar surface area (TPSA) is 29.4 Å². The highest BCUT2D eigenvalue weighted by atomic mass is 19.1. The molecular weight excluding hydrogens is 301 g/mol. The normalized spacial score (nSPS) is 11.1. The minimum atomic E-state index is -0.537. The van der Waals surface area contributed by atoms with Crippen molar-refractivity contribution in [3.05, 3.63) is 107 Å². The lowest BCUT2D eigenvalue weighted by molar-refractivity contribution is 0.106. The largest absolute Gasteiger partial charge is 0.287 e. The van der Waals surface area contributed by atoms with Crippen LogP contribution in [0.1, 0.15) is 27.5 Å². The van der Waals surface area contributed by atoms with E-state index >= 15 is 0 Å². The van der Waals surface area contributed by atoms with Gasteiger partial charge in [0.1, 0.15) is 11.9 Å². The van der Waals surface area contributed by atoms with Gasteiger partial charge >= 0.3 is 0 Å². The molecular formula is C21H16FNO. The van der Waals surface area contributed by atoms with Crippen LogP contribution >= 0.6 is 0 Å². The number of benzene rings is 3. The molecule has 0 bridgehead atoms. The first-order chi connectivity index (χ1) is 11.8. The molecule has 0 aliphatic carbocycles. The Morgan fingerprint density at radius 3 is 1.83 bits per heavy atom. The van der Waals surface area contributed by atoms with Crippen LogP contribution < -0.4 is 0 Å². The van der Waals surface area contributed by atoms with Crippen molar-refractivity contribution < 1.29 is 9.18 Å². The fourth-order valence-electron chi connectivity index (χ4n) is 2.51. The van der Waals surface area contributed by atoms with E-state index in [9.17, 15) is 9.18 Å². The summed E-state index contributed by atoms with van der Waals surface area (Å²) in [4.78, 5) is 16.7. The molecule has 0 amide bonds. The third kappa shape index (κ3) is 3.63. The van der Waals surface area contributed by atoms with Gasteiger partial charge in [-0.1, -0.05) is 72.8 Å². The number of carbonyl (C=O) groups excluding carboxylic acids is 1. The van der Waals surface area contributed by atoms with Crippen LogP contribution in [-0.4, -0.2) is 12.0 Å². The van der Waals surface area contributed by atoms with Crippen LogP contribution in [0.15, 0.2) is 89.9 Å². The van der Waals surface area contributed by atoms with E-state index in [0.717, 1.165) is 11.1 Å². The Morgan fingerprint density at radius 2 is 1.29 bits per heavy atom. The quantitative estimate of drug-likeness (QED) is 0.487. The summed E-state index contributed by atoms with van der Waals surface area (Å²) in [5, 5.41) is 0. The summed E-state index contributed by atoms with van der Waals surface area (Å²) in [5.41, 5.74) is 1.98. The number of ketones is 1. The van der Waals surface area contributed by atoms with Gasteiger partial charge in [0.2, 0.25) is 5.78 Å². The monoisotopic (exact) mass is 317 g/mol. The summed E-state index contributed by atoms with van der Waals surface area (Å²) in [6.07, 6.45) is 1.21. The van der Waals surface area contributed by atoms with Gasteiger partial charge in [0.15, 0.2) is 0 Å². The maximum atomic E-state index is 13.7. The van der Waals surface area contributed by atoms with Crippen LogP contribution in [0.25, 0.3) is 0 Å². The third-order valence-corrected chi connectivity index (χ3v) is 3.71. The van der Waals surface area contributed by atoms with Crippen LogP contribution in [0.2, 0.25) is 0 Å². The van der Waals surface area contributed by atoms with Crippen molar-refractivity contribution in [3.63, 3.8) is 0 Å². The zero-order valence-corrected chi connectivity index (χ0v) is 13.0. The minimum Gasteiger partial charge on any atom is -0.287 e. The molecule has 0 spiro atoms. The van der Waals surface area contributed by atoms with E-state index in [1.807, 2.05) is 60.7 Å². The maximum absolute atomic E-state index is 13.7. The van der Waals surface area contributed by atoms with E-state index in [1.165, 1.54) is 18.3 Å². The highest BCUT2D eigenvalue weighted by Gasteiger charge is 2.13. The van der Waals surface area contributed by atoms with Gasteiger partial charge in [0, 0.05) is 0 Å². The molecule has 0 aliphatic rings. The first-order valence-electron chi connectivity index (χ1n) is 7.67. The maximum Gasteiger partial charge on any atom is 0.206 e. The molecule has 3 rings (SSSR count). The van der Waals surface area contributed by atoms with Gasteiger partial charge < -0.3 is 0 Å². The average Bonchev–Trinajstić information content (AvgIpc) is 2.64. The molecule has 0 saturated carbocycles. The summed E-state index contributed by atoms with van der Waals surface area (Å²) in [7, 11) is 0. The first kappa shape index (κ1) is 15.8. The molecule has 0 atom stereocenters. The zero-order chi connectivity index (χ0) is 16.8. The predicted octanol–water partition coefficient (Wildman–Crippen LogP) is 4.87. The summed E-state index contributed by atoms with van der Waals surface area (Å²) >= 11 is 0. The number of rotatable bonds is 5. The summed E-state index contributed by atoms with van der Waals surface area (Å²) in [6, 6.07) is 25.0. The van der Waals surface area contributed by atoms with E-state index in [0.29, 0.717) is 0 Å². The Hall–Kier alpha value is -3.07. The summed E-state index contributed by atoms with van der Waals surface area (Å²) in [5.74, 6) is -0.977. The second-order valence-corrected chi connectivity index (χ2v) is 5.35. The number of carbonyl (C=O) groups is 1. The van der Waals surface area contributed by atoms with E-state index < -0.39 is 11.6 Å². The molecule has 3 heteroatoms. The van der Waals surface area contributed by atoms with E-state index in [2.05, 4.69) is 4.99 Å². The smallest absolute Gasteiger partial charge is 0.206 e. The van der Waals surface area contributed by atoms with Crippen molar-refractivity contribution in [1.82, 2.24) is 0 Å². The fourth-order valence-corrected chi connectivity index (χ4v) is 2.51. The zero-order valence-electron chi connectivity index (χ0n) is 13.0. The molecule has 0 N–H and O–H groups in total. The highest BCUT2D eigenvalue weighted by Crippen LogP contribution is 2.25. The Labute approximate surface area is 140 Å². The van der Waals surface area contributed by atoms with Crippen molar-refractivity contribution in [2.45, 2.75) is 6.04 Å². The van der Waals surface area contributed by atoms with Crippen molar-refractivity contribution in [2.24, 2.45) is 4.99 Å². The van der Waals surface area contributed by atoms with Crippen LogP contribution in [0, 0.1) is 5.82 Å². The molecule has 0 heterocycles. The second-order valence-electron chi connectivity index (χ2n) is 5.35. The Morgan fingerprint density at radius 1 is 0.792 bits per heavy atom. The predicted molar refractivity (Wildman–Crippen MR) is 93.9 cm³/mol. The van der Waals surface area contributed by atoms with Crippen LogP contribution in [-0.2, 0) is 0 Å². The SMILES string of the molecule is O=C(C=NC(c1ccccc1)c1ccccc1)c1ccccc1F. The Bertz CT molecular complexity index is 804. The van der Waals surface area contributed by atoms with Crippen molar-refractivity contribution >= 4 is 12.0 Å². The van der Waals surface area contributed by atoms with Crippen molar-refractivity contribution in [2.75, 3.05) is 0 Å². The highest BCUT2D eigenvalue weighted by molar-refractivity contribution is 6.35. The number of Topliss-reactive ketones (excluding diaryl/α,β-unsaturated/α-hetero) is 1. The molecule has 3 aromatic carbocycles. The van der Waals surface area contributed by atoms with Gasteiger partial charge in [-0.2, -0.15) is 0 Å². The molecule has 0 aliphatic heterocycles. The van der Waals surface area contributed by atoms with Crippen LogP contribution in [0.4, 0.5) is 4.39 Å². The number of hydrogen-bond acceptors (Lipinski definition) is 2. The Balaban J connectivity index is 1.93. The van der Waals surface area contributed by atoms with E-state index in [1.54, 1.807) is 12.1 Å². The lowest BCUT2D eigenvalue weighted by Crippen LogP contribution is -2.06. The molecule has 0 unspecified atom stereocenters. The van der Waals surface area contributed by atoms with Gasteiger partial charge in [-0.25, -0.2) is 4.39 Å². The van der Waals surface area contributed by atoms with Gasteiger partial charge in [0.25, 0.3) is 0 Å². The molecule has 24 heavy (non-hydrogen) atoms. The van der Waals surface area contributed by atoms with Crippen molar-refractivity contribution in [3.8, 4) is 0 Å². The van der Waals surface area contributed by atoms with Crippen molar-refractivity contribution in [1.29, 1.82) is 0 Å². The average molecular weight is 317 g/mol. The molecule has 118 valence electrons. The third-order valence-electron chi connectivity index (χ3n) is 3.71. The van der Waals surface area contributed by atoms with Gasteiger partial charge in [-0.05, 0) is 23.3 Å².